The third-order valence-corrected chi connectivity index (χ3v) is 5.12. The number of fused-ring (bicyclic) bond motifs is 2. The Morgan fingerprint density at radius 2 is 1.68 bits per heavy atom. The number of aliphatic hydroxyl groups is 1. The molecular weight excluding hydrogens is 322 g/mol. The average molecular weight is 343 g/mol. The molecule has 0 fully saturated rings. The molecule has 2 aromatic carbocycles. The second kappa shape index (κ2) is 5.82. The molecule has 2 aromatic rings. The van der Waals surface area contributed by atoms with E-state index < -0.39 is 6.10 Å². The van der Waals surface area contributed by atoms with Crippen LogP contribution in [0.2, 0.25) is 0 Å². The molecule has 0 saturated carbocycles. The maximum absolute atomic E-state index is 10.8. The van der Waals surface area contributed by atoms with E-state index in [2.05, 4.69) is 5.32 Å². The van der Waals surface area contributed by atoms with E-state index in [1.54, 1.807) is 20.3 Å². The molecule has 132 valence electrons. The zero-order valence-electron chi connectivity index (χ0n) is 14.4. The van der Waals surface area contributed by atoms with Gasteiger partial charge >= 0.3 is 0 Å². The first kappa shape index (κ1) is 16.1. The molecule has 1 aliphatic carbocycles. The predicted octanol–water partition coefficient (Wildman–Crippen LogP) is 2.32. The summed E-state index contributed by atoms with van der Waals surface area (Å²) in [7, 11) is 4.70. The van der Waals surface area contributed by atoms with E-state index in [4.69, 9.17) is 14.2 Å². The number of hydrogen-bond acceptors (Lipinski definition) is 6. The highest BCUT2D eigenvalue weighted by molar-refractivity contribution is 5.84. The van der Waals surface area contributed by atoms with Crippen LogP contribution in [0.25, 0.3) is 11.1 Å². The molecule has 0 aromatic heterocycles. The third-order valence-electron chi connectivity index (χ3n) is 5.12. The Morgan fingerprint density at radius 1 is 1.00 bits per heavy atom. The number of hydrogen-bond donors (Lipinski definition) is 3. The van der Waals surface area contributed by atoms with Crippen LogP contribution in [0.1, 0.15) is 28.8 Å². The monoisotopic (exact) mass is 343 g/mol. The van der Waals surface area contributed by atoms with Crippen LogP contribution in [0.4, 0.5) is 0 Å². The number of aromatic hydroxyl groups is 1. The standard InChI is InChI=1S/C19H21NO5/c1-23-14-5-9-4-12-17-11(13(21)8-20-12)7-16(25-3)19(22)18(17)10(9)6-15(14)24-2/h5-7,12-13,20-22H,4,8H2,1-3H3/t12-,13+/m0/s1. The van der Waals surface area contributed by atoms with Crippen molar-refractivity contribution in [1.29, 1.82) is 0 Å². The summed E-state index contributed by atoms with van der Waals surface area (Å²) >= 11 is 0. The maximum Gasteiger partial charge on any atom is 0.166 e. The molecule has 6 heteroatoms. The van der Waals surface area contributed by atoms with Crippen molar-refractivity contribution < 1.29 is 24.4 Å². The summed E-state index contributed by atoms with van der Waals surface area (Å²) in [6.07, 6.45) is 0.106. The molecule has 0 unspecified atom stereocenters. The normalized spacial score (nSPS) is 20.5. The van der Waals surface area contributed by atoms with Crippen LogP contribution in [-0.4, -0.2) is 38.1 Å². The van der Waals surface area contributed by atoms with Gasteiger partial charge in [-0.25, -0.2) is 0 Å². The summed E-state index contributed by atoms with van der Waals surface area (Å²) in [5.74, 6) is 1.69. The molecule has 4 rings (SSSR count). The smallest absolute Gasteiger partial charge is 0.166 e. The van der Waals surface area contributed by atoms with Gasteiger partial charge in [-0.15, -0.1) is 0 Å². The lowest BCUT2D eigenvalue weighted by atomic mass is 9.76. The maximum atomic E-state index is 10.8. The van der Waals surface area contributed by atoms with Crippen LogP contribution in [0.5, 0.6) is 23.0 Å². The fourth-order valence-electron chi connectivity index (χ4n) is 3.94. The molecule has 0 spiro atoms. The summed E-state index contributed by atoms with van der Waals surface area (Å²) in [5.41, 5.74) is 4.34. The van der Waals surface area contributed by atoms with E-state index in [0.717, 1.165) is 28.7 Å². The lowest BCUT2D eigenvalue weighted by Gasteiger charge is -2.37. The van der Waals surface area contributed by atoms with Gasteiger partial charge in [-0.2, -0.15) is 0 Å². The van der Waals surface area contributed by atoms with Crippen molar-refractivity contribution in [2.75, 3.05) is 27.9 Å². The van der Waals surface area contributed by atoms with E-state index in [1.165, 1.54) is 7.11 Å². The Balaban J connectivity index is 2.05. The minimum atomic E-state index is -0.638. The van der Waals surface area contributed by atoms with Crippen molar-refractivity contribution in [2.24, 2.45) is 0 Å². The van der Waals surface area contributed by atoms with Crippen molar-refractivity contribution in [2.45, 2.75) is 18.6 Å². The second-order valence-electron chi connectivity index (χ2n) is 6.35. The van der Waals surface area contributed by atoms with Crippen LogP contribution < -0.4 is 19.5 Å². The minimum Gasteiger partial charge on any atom is -0.504 e. The molecule has 1 aliphatic heterocycles. The summed E-state index contributed by atoms with van der Waals surface area (Å²) in [5, 5.41) is 24.6. The molecule has 0 bridgehead atoms. The van der Waals surface area contributed by atoms with Gasteiger partial charge in [0, 0.05) is 18.2 Å². The topological polar surface area (TPSA) is 80.2 Å². The van der Waals surface area contributed by atoms with E-state index in [1.807, 2.05) is 12.1 Å². The summed E-state index contributed by atoms with van der Waals surface area (Å²) in [6.45, 7) is 0.466. The van der Waals surface area contributed by atoms with Crippen LogP contribution >= 0.6 is 0 Å². The first-order valence-electron chi connectivity index (χ1n) is 8.19. The van der Waals surface area contributed by atoms with Crippen molar-refractivity contribution in [1.82, 2.24) is 5.32 Å². The number of β-amino-alcohol motifs (C(OH)–C–C–N with tert-alkyl or cyclic N) is 1. The third kappa shape index (κ3) is 2.25. The fraction of sp³-hybridized carbons (Fsp3) is 0.368. The molecule has 6 nitrogen and oxygen atoms in total. The number of benzene rings is 2. The Bertz CT molecular complexity index is 848. The van der Waals surface area contributed by atoms with Crippen LogP contribution in [0, 0.1) is 0 Å². The quantitative estimate of drug-likeness (QED) is 0.794. The average Bonchev–Trinajstić information content (AvgIpc) is 2.64. The predicted molar refractivity (Wildman–Crippen MR) is 92.6 cm³/mol. The summed E-state index contributed by atoms with van der Waals surface area (Å²) in [6, 6.07) is 5.58. The van der Waals surface area contributed by atoms with E-state index in [-0.39, 0.29) is 11.8 Å². The number of methoxy groups -OCH3 is 3. The van der Waals surface area contributed by atoms with Gasteiger partial charge in [0.15, 0.2) is 23.0 Å². The molecule has 3 N–H and O–H groups in total. The molecule has 1 heterocycles. The first-order valence-corrected chi connectivity index (χ1v) is 8.19. The highest BCUT2D eigenvalue weighted by atomic mass is 16.5. The fourth-order valence-corrected chi connectivity index (χ4v) is 3.94. The van der Waals surface area contributed by atoms with Gasteiger partial charge in [0.05, 0.1) is 27.4 Å². The molecule has 0 radical (unpaired) electrons. The molecule has 2 atom stereocenters. The zero-order chi connectivity index (χ0) is 17.7. The summed E-state index contributed by atoms with van der Waals surface area (Å²) < 4.78 is 16.2. The van der Waals surface area contributed by atoms with Crippen molar-refractivity contribution in [3.05, 3.63) is 34.9 Å². The number of phenolic OH excluding ortho intramolecular Hbond substituents is 1. The van der Waals surface area contributed by atoms with E-state index >= 15 is 0 Å². The van der Waals surface area contributed by atoms with Crippen LogP contribution in [-0.2, 0) is 6.42 Å². The Kier molecular flexibility index (Phi) is 3.74. The van der Waals surface area contributed by atoms with E-state index in [0.29, 0.717) is 29.4 Å². The van der Waals surface area contributed by atoms with Gasteiger partial charge < -0.3 is 29.7 Å². The van der Waals surface area contributed by atoms with Gasteiger partial charge in [-0.05, 0) is 46.9 Å². The number of ether oxygens (including phenoxy) is 3. The SMILES string of the molecule is COc1cc2c(cc1OC)-c1c(O)c(OC)cc3c1[C@H](C2)NC[C@H]3O. The Morgan fingerprint density at radius 3 is 2.36 bits per heavy atom. The molecule has 25 heavy (non-hydrogen) atoms. The van der Waals surface area contributed by atoms with Crippen molar-refractivity contribution in [3.63, 3.8) is 0 Å². The van der Waals surface area contributed by atoms with Gasteiger partial charge in [-0.1, -0.05) is 0 Å². The molecule has 0 saturated heterocycles. The second-order valence-corrected chi connectivity index (χ2v) is 6.35. The highest BCUT2D eigenvalue weighted by Crippen LogP contribution is 2.53. The van der Waals surface area contributed by atoms with Crippen LogP contribution in [0.3, 0.4) is 0 Å². The van der Waals surface area contributed by atoms with Crippen molar-refractivity contribution in [3.8, 4) is 34.1 Å². The number of phenols is 1. The number of nitrogens with one attached hydrogen (secondary N) is 1. The largest absolute Gasteiger partial charge is 0.504 e. The first-order chi connectivity index (χ1) is 12.1. The van der Waals surface area contributed by atoms with Gasteiger partial charge in [0.1, 0.15) is 0 Å². The Hall–Kier alpha value is -2.44. The van der Waals surface area contributed by atoms with Crippen molar-refractivity contribution >= 4 is 0 Å². The van der Waals surface area contributed by atoms with E-state index in [9.17, 15) is 10.2 Å². The summed E-state index contributed by atoms with van der Waals surface area (Å²) in [4.78, 5) is 0. The minimum absolute atomic E-state index is 0.0239. The van der Waals surface area contributed by atoms with Gasteiger partial charge in [0.2, 0.25) is 0 Å². The van der Waals surface area contributed by atoms with Gasteiger partial charge in [0.25, 0.3) is 0 Å². The molecular formula is C19H21NO5. The number of aliphatic hydroxyl groups excluding tert-OH is 1. The zero-order valence-corrected chi connectivity index (χ0v) is 14.4. The van der Waals surface area contributed by atoms with Crippen LogP contribution in [0.15, 0.2) is 18.2 Å². The lowest BCUT2D eigenvalue weighted by molar-refractivity contribution is 0.156. The molecule has 2 aliphatic rings. The lowest BCUT2D eigenvalue weighted by Crippen LogP contribution is -2.36. The highest BCUT2D eigenvalue weighted by Gasteiger charge is 2.36. The number of rotatable bonds is 3. The van der Waals surface area contributed by atoms with Gasteiger partial charge in [-0.3, -0.25) is 0 Å². The molecule has 0 amide bonds. The Labute approximate surface area is 146 Å².